The van der Waals surface area contributed by atoms with E-state index in [1.165, 1.54) is 29.8 Å². The monoisotopic (exact) mass is 167 g/mol. The molecule has 0 unspecified atom stereocenters. The molecule has 0 amide bonds. The van der Waals surface area contributed by atoms with Crippen molar-refractivity contribution in [2.75, 3.05) is 0 Å². The molecular formula is C7H9N3O2. The second kappa shape index (κ2) is 2.58. The molecule has 0 atom stereocenters. The average molecular weight is 167 g/mol. The van der Waals surface area contributed by atoms with Gasteiger partial charge in [-0.15, -0.1) is 4.68 Å². The van der Waals surface area contributed by atoms with Crippen LogP contribution >= 0.6 is 0 Å². The van der Waals surface area contributed by atoms with E-state index in [4.69, 9.17) is 0 Å². The minimum absolute atomic E-state index is 0.0990. The smallest absolute Gasteiger partial charge is 0.344 e. The van der Waals surface area contributed by atoms with E-state index < -0.39 is 4.92 Å². The van der Waals surface area contributed by atoms with Gasteiger partial charge in [0.05, 0.1) is 12.3 Å². The minimum Gasteiger partial charge on any atom is -0.358 e. The number of nitro groups is 1. The number of hydrogen-bond acceptors (Lipinski definition) is 3. The topological polar surface area (TPSA) is 61.0 Å². The highest BCUT2D eigenvalue weighted by Crippen LogP contribution is 2.31. The maximum atomic E-state index is 10.4. The summed E-state index contributed by atoms with van der Waals surface area (Å²) in [6, 6.07) is 1.43. The van der Waals surface area contributed by atoms with Crippen LogP contribution < -0.4 is 0 Å². The summed E-state index contributed by atoms with van der Waals surface area (Å²) in [5, 5.41) is 14.3. The van der Waals surface area contributed by atoms with E-state index in [2.05, 4.69) is 5.10 Å². The van der Waals surface area contributed by atoms with Gasteiger partial charge in [0, 0.05) is 0 Å². The van der Waals surface area contributed by atoms with Crippen LogP contribution in [0.1, 0.15) is 12.8 Å². The Kier molecular flexibility index (Phi) is 1.56. The Labute approximate surface area is 69.1 Å². The average Bonchev–Trinajstić information content (AvgIpc) is 2.66. The lowest BCUT2D eigenvalue weighted by Crippen LogP contribution is -2.05. The third-order valence-corrected chi connectivity index (χ3v) is 2.01. The van der Waals surface area contributed by atoms with Crippen LogP contribution in [0.2, 0.25) is 0 Å². The molecule has 0 aliphatic heterocycles. The number of hydrogen-bond donors (Lipinski definition) is 0. The van der Waals surface area contributed by atoms with Crippen LogP contribution in [0, 0.1) is 16.0 Å². The molecule has 5 heteroatoms. The second-order valence-electron chi connectivity index (χ2n) is 3.07. The van der Waals surface area contributed by atoms with Crippen LogP contribution in [0.4, 0.5) is 5.82 Å². The molecule has 1 aliphatic carbocycles. The van der Waals surface area contributed by atoms with Gasteiger partial charge < -0.3 is 10.1 Å². The van der Waals surface area contributed by atoms with Crippen molar-refractivity contribution >= 4 is 5.82 Å². The first-order valence-electron chi connectivity index (χ1n) is 3.93. The quantitative estimate of drug-likeness (QED) is 0.502. The fourth-order valence-corrected chi connectivity index (χ4v) is 1.17. The Hall–Kier alpha value is -1.39. The van der Waals surface area contributed by atoms with Gasteiger partial charge in [-0.25, -0.2) is 0 Å². The maximum Gasteiger partial charge on any atom is 0.344 e. The molecule has 0 radical (unpaired) electrons. The summed E-state index contributed by atoms with van der Waals surface area (Å²) in [4.78, 5) is 10.0. The van der Waals surface area contributed by atoms with Crippen LogP contribution in [0.5, 0.6) is 0 Å². The van der Waals surface area contributed by atoms with E-state index in [1.807, 2.05) is 0 Å². The van der Waals surface area contributed by atoms with Crippen molar-refractivity contribution in [1.29, 1.82) is 0 Å². The highest BCUT2D eigenvalue weighted by Gasteiger charge is 2.27. The number of nitrogens with zero attached hydrogens (tertiary/aromatic N) is 3. The van der Waals surface area contributed by atoms with Gasteiger partial charge in [0.25, 0.3) is 0 Å². The summed E-state index contributed by atoms with van der Waals surface area (Å²) in [5.74, 6) is 0.713. The van der Waals surface area contributed by atoms with Crippen LogP contribution in [0.15, 0.2) is 12.3 Å². The Morgan fingerprint density at radius 1 is 1.75 bits per heavy atom. The molecule has 0 saturated heterocycles. The summed E-state index contributed by atoms with van der Waals surface area (Å²) in [6.45, 7) is 0.698. The first-order valence-corrected chi connectivity index (χ1v) is 3.93. The Morgan fingerprint density at radius 2 is 2.50 bits per heavy atom. The maximum absolute atomic E-state index is 10.4. The van der Waals surface area contributed by atoms with E-state index in [0.29, 0.717) is 12.5 Å². The zero-order valence-electron chi connectivity index (χ0n) is 6.51. The highest BCUT2D eigenvalue weighted by molar-refractivity contribution is 5.16. The van der Waals surface area contributed by atoms with E-state index in [-0.39, 0.29) is 5.82 Å². The lowest BCUT2D eigenvalue weighted by atomic mass is 10.4. The lowest BCUT2D eigenvalue weighted by molar-refractivity contribution is -0.392. The molecule has 1 saturated carbocycles. The minimum atomic E-state index is -0.393. The van der Waals surface area contributed by atoms with Crippen molar-refractivity contribution in [3.05, 3.63) is 22.4 Å². The van der Waals surface area contributed by atoms with Crippen molar-refractivity contribution in [1.82, 2.24) is 9.78 Å². The highest BCUT2D eigenvalue weighted by atomic mass is 16.6. The first-order chi connectivity index (χ1) is 5.77. The summed E-state index contributed by atoms with van der Waals surface area (Å²) in [6.07, 6.45) is 3.83. The zero-order chi connectivity index (χ0) is 8.55. The molecule has 1 aromatic heterocycles. The number of aromatic nitrogens is 2. The molecule has 0 spiro atoms. The molecule has 1 heterocycles. The van der Waals surface area contributed by atoms with Gasteiger partial charge in [-0.1, -0.05) is 5.10 Å². The fourth-order valence-electron chi connectivity index (χ4n) is 1.17. The van der Waals surface area contributed by atoms with Crippen molar-refractivity contribution in [2.24, 2.45) is 5.92 Å². The van der Waals surface area contributed by atoms with E-state index in [0.717, 1.165) is 0 Å². The Morgan fingerprint density at radius 3 is 3.08 bits per heavy atom. The summed E-state index contributed by atoms with van der Waals surface area (Å²) >= 11 is 0. The lowest BCUT2D eigenvalue weighted by Gasteiger charge is -1.96. The van der Waals surface area contributed by atoms with Crippen molar-refractivity contribution in [3.63, 3.8) is 0 Å². The van der Waals surface area contributed by atoms with Gasteiger partial charge in [-0.2, -0.15) is 0 Å². The second-order valence-corrected chi connectivity index (χ2v) is 3.07. The van der Waals surface area contributed by atoms with Crippen LogP contribution in [-0.2, 0) is 6.54 Å². The van der Waals surface area contributed by atoms with Crippen molar-refractivity contribution in [3.8, 4) is 0 Å². The normalized spacial score (nSPS) is 16.3. The van der Waals surface area contributed by atoms with Gasteiger partial charge in [0.2, 0.25) is 0 Å². The SMILES string of the molecule is O=[N+]([O-])c1ccnn1CC1CC1. The third kappa shape index (κ3) is 1.30. The zero-order valence-corrected chi connectivity index (χ0v) is 6.51. The summed E-state index contributed by atoms with van der Waals surface area (Å²) in [7, 11) is 0. The van der Waals surface area contributed by atoms with Gasteiger partial charge in [-0.3, -0.25) is 0 Å². The van der Waals surface area contributed by atoms with Gasteiger partial charge >= 0.3 is 5.82 Å². The Bertz CT molecular complexity index is 303. The molecule has 1 fully saturated rings. The predicted molar refractivity (Wildman–Crippen MR) is 41.6 cm³/mol. The van der Waals surface area contributed by atoms with Crippen molar-refractivity contribution in [2.45, 2.75) is 19.4 Å². The molecule has 5 nitrogen and oxygen atoms in total. The van der Waals surface area contributed by atoms with Crippen LogP contribution in [0.25, 0.3) is 0 Å². The molecule has 12 heavy (non-hydrogen) atoms. The first kappa shape index (κ1) is 7.27. The molecule has 0 N–H and O–H groups in total. The largest absolute Gasteiger partial charge is 0.358 e. The fraction of sp³-hybridized carbons (Fsp3) is 0.571. The molecule has 1 aliphatic rings. The standard InChI is InChI=1S/C7H9N3O2/c11-10(12)7-3-4-8-9(7)5-6-1-2-6/h3-4,6H,1-2,5H2. The summed E-state index contributed by atoms with van der Waals surface area (Å²) in [5.41, 5.74) is 0. The van der Waals surface area contributed by atoms with Gasteiger partial charge in [0.1, 0.15) is 6.54 Å². The van der Waals surface area contributed by atoms with E-state index in [9.17, 15) is 10.1 Å². The predicted octanol–water partition coefficient (Wildman–Crippen LogP) is 1.20. The Balaban J connectivity index is 2.17. The van der Waals surface area contributed by atoms with Gasteiger partial charge in [0.15, 0.2) is 0 Å². The molecule has 0 aromatic carbocycles. The van der Waals surface area contributed by atoms with Crippen LogP contribution in [0.3, 0.4) is 0 Å². The van der Waals surface area contributed by atoms with E-state index >= 15 is 0 Å². The molecule has 2 rings (SSSR count). The molecule has 64 valence electrons. The van der Waals surface area contributed by atoms with Crippen LogP contribution in [-0.4, -0.2) is 14.7 Å². The van der Waals surface area contributed by atoms with Crippen molar-refractivity contribution < 1.29 is 4.92 Å². The summed E-state index contributed by atoms with van der Waals surface area (Å²) < 4.78 is 1.47. The third-order valence-electron chi connectivity index (χ3n) is 2.01. The van der Waals surface area contributed by atoms with E-state index in [1.54, 1.807) is 0 Å². The molecular weight excluding hydrogens is 158 g/mol. The molecule has 1 aromatic rings. The molecule has 0 bridgehead atoms. The van der Waals surface area contributed by atoms with Gasteiger partial charge in [-0.05, 0) is 23.7 Å². The number of rotatable bonds is 3.